The smallest absolute Gasteiger partial charge is 0.240 e. The van der Waals surface area contributed by atoms with Crippen LogP contribution < -0.4 is 0 Å². The second-order valence-corrected chi connectivity index (χ2v) is 7.44. The fraction of sp³-hybridized carbons (Fsp3) is 0.632. The van der Waals surface area contributed by atoms with E-state index in [1.54, 1.807) is 12.1 Å². The Bertz CT molecular complexity index is 594. The van der Waals surface area contributed by atoms with E-state index in [-0.39, 0.29) is 17.8 Å². The molecule has 2 atom stereocenters. The number of aliphatic hydroxyl groups excluding tert-OH is 1. The predicted octanol–water partition coefficient (Wildman–Crippen LogP) is 2.33. The van der Waals surface area contributed by atoms with Gasteiger partial charge in [0.1, 0.15) is 5.82 Å². The molecule has 5 heteroatoms. The summed E-state index contributed by atoms with van der Waals surface area (Å²) in [6.45, 7) is 2.63. The fourth-order valence-corrected chi connectivity index (χ4v) is 4.25. The molecule has 1 saturated carbocycles. The minimum absolute atomic E-state index is 0.0505. The van der Waals surface area contributed by atoms with Gasteiger partial charge in [0.25, 0.3) is 0 Å². The molecule has 4 nitrogen and oxygen atoms in total. The van der Waals surface area contributed by atoms with Crippen molar-refractivity contribution >= 4 is 5.91 Å². The first-order chi connectivity index (χ1) is 11.6. The van der Waals surface area contributed by atoms with Crippen LogP contribution in [0.3, 0.4) is 0 Å². The number of nitrogens with zero attached hydrogens (tertiary/aromatic N) is 2. The average Bonchev–Trinajstić information content (AvgIpc) is 3.37. The van der Waals surface area contributed by atoms with Gasteiger partial charge in [-0.3, -0.25) is 9.69 Å². The number of likely N-dealkylation sites (tertiary alicyclic amines) is 2. The fourth-order valence-electron chi connectivity index (χ4n) is 4.25. The number of halogens is 1. The molecule has 0 spiro atoms. The number of hydrogen-bond donors (Lipinski definition) is 1. The zero-order valence-corrected chi connectivity index (χ0v) is 13.9. The van der Waals surface area contributed by atoms with Gasteiger partial charge in [-0.05, 0) is 68.8 Å². The minimum atomic E-state index is -0.546. The van der Waals surface area contributed by atoms with Crippen LogP contribution in [0.1, 0.15) is 43.8 Å². The first kappa shape index (κ1) is 16.0. The van der Waals surface area contributed by atoms with E-state index in [9.17, 15) is 14.3 Å². The molecule has 0 radical (unpaired) electrons. The van der Waals surface area contributed by atoms with Crippen LogP contribution in [-0.2, 0) is 4.79 Å². The molecule has 1 N–H and O–H groups in total. The lowest BCUT2D eigenvalue weighted by Gasteiger charge is -2.37. The van der Waals surface area contributed by atoms with Crippen LogP contribution in [-0.4, -0.2) is 52.5 Å². The maximum Gasteiger partial charge on any atom is 0.240 e. The topological polar surface area (TPSA) is 43.8 Å². The standard InChI is InChI=1S/C19H25FN2O2/c20-15-3-1-13(2-4-15)18(23)14-7-10-21(11-8-14)17-9-12-22(19(17)24)16-5-6-16/h1-4,14,16-18,23H,5-12H2. The number of carbonyl (C=O) groups excluding carboxylic acids is 1. The molecule has 3 aliphatic rings. The SMILES string of the molecule is O=C1C(N2CCC(C(O)c3ccc(F)cc3)CC2)CCN1C1CC1. The molecule has 1 aromatic carbocycles. The van der Waals surface area contributed by atoms with Crippen molar-refractivity contribution < 1.29 is 14.3 Å². The molecule has 0 aromatic heterocycles. The summed E-state index contributed by atoms with van der Waals surface area (Å²) in [4.78, 5) is 16.9. The molecule has 24 heavy (non-hydrogen) atoms. The Balaban J connectivity index is 1.33. The summed E-state index contributed by atoms with van der Waals surface area (Å²) in [7, 11) is 0. The number of hydrogen-bond acceptors (Lipinski definition) is 3. The van der Waals surface area contributed by atoms with Gasteiger partial charge in [0.05, 0.1) is 12.1 Å². The van der Waals surface area contributed by atoms with Crippen LogP contribution in [0.15, 0.2) is 24.3 Å². The van der Waals surface area contributed by atoms with Gasteiger partial charge < -0.3 is 10.0 Å². The van der Waals surface area contributed by atoms with Gasteiger partial charge >= 0.3 is 0 Å². The lowest BCUT2D eigenvalue weighted by atomic mass is 9.87. The molecule has 2 unspecified atom stereocenters. The van der Waals surface area contributed by atoms with Gasteiger partial charge in [0.2, 0.25) is 5.91 Å². The third kappa shape index (κ3) is 3.07. The molecule has 2 heterocycles. The maximum absolute atomic E-state index is 13.0. The van der Waals surface area contributed by atoms with Crippen LogP contribution in [0.25, 0.3) is 0 Å². The summed E-state index contributed by atoms with van der Waals surface area (Å²) in [5, 5.41) is 10.5. The van der Waals surface area contributed by atoms with Gasteiger partial charge in [-0.25, -0.2) is 4.39 Å². The molecule has 4 rings (SSSR count). The lowest BCUT2D eigenvalue weighted by molar-refractivity contribution is -0.133. The van der Waals surface area contributed by atoms with E-state index in [2.05, 4.69) is 9.80 Å². The van der Waals surface area contributed by atoms with E-state index in [1.165, 1.54) is 25.0 Å². The Kier molecular flexibility index (Phi) is 4.31. The minimum Gasteiger partial charge on any atom is -0.388 e. The van der Waals surface area contributed by atoms with Gasteiger partial charge in [0, 0.05) is 12.6 Å². The van der Waals surface area contributed by atoms with Gasteiger partial charge in [-0.15, -0.1) is 0 Å². The second kappa shape index (κ2) is 6.45. The van der Waals surface area contributed by atoms with E-state index in [1.807, 2.05) is 0 Å². The van der Waals surface area contributed by atoms with E-state index >= 15 is 0 Å². The average molecular weight is 332 g/mol. The van der Waals surface area contributed by atoms with Crippen LogP contribution in [0, 0.1) is 11.7 Å². The molecule has 3 fully saturated rings. The summed E-state index contributed by atoms with van der Waals surface area (Å²) in [6.07, 6.45) is 4.50. The van der Waals surface area contributed by atoms with Crippen molar-refractivity contribution in [3.63, 3.8) is 0 Å². The molecular weight excluding hydrogens is 307 g/mol. The van der Waals surface area contributed by atoms with Crippen LogP contribution in [0.5, 0.6) is 0 Å². The first-order valence-electron chi connectivity index (χ1n) is 9.11. The molecule has 1 aromatic rings. The molecule has 1 aliphatic carbocycles. The Labute approximate surface area is 142 Å². The number of amides is 1. The Morgan fingerprint density at radius 2 is 1.67 bits per heavy atom. The number of benzene rings is 1. The Hall–Kier alpha value is -1.46. The summed E-state index contributed by atoms with van der Waals surface area (Å²) in [5.74, 6) is 0.221. The lowest BCUT2D eigenvalue weighted by Crippen LogP contribution is -2.46. The zero-order chi connectivity index (χ0) is 16.7. The normalized spacial score (nSPS) is 27.7. The highest BCUT2D eigenvalue weighted by atomic mass is 19.1. The highest BCUT2D eigenvalue weighted by molar-refractivity contribution is 5.84. The molecule has 2 saturated heterocycles. The highest BCUT2D eigenvalue weighted by Gasteiger charge is 2.43. The van der Waals surface area contributed by atoms with Gasteiger partial charge in [-0.1, -0.05) is 12.1 Å². The number of carbonyl (C=O) groups is 1. The molecular formula is C19H25FN2O2. The third-order valence-corrected chi connectivity index (χ3v) is 5.87. The van der Waals surface area contributed by atoms with E-state index in [0.717, 1.165) is 44.5 Å². The van der Waals surface area contributed by atoms with Crippen LogP contribution in [0.2, 0.25) is 0 Å². The molecule has 2 aliphatic heterocycles. The van der Waals surface area contributed by atoms with E-state index < -0.39 is 6.10 Å². The third-order valence-electron chi connectivity index (χ3n) is 5.87. The Morgan fingerprint density at radius 3 is 2.29 bits per heavy atom. The Morgan fingerprint density at radius 1 is 1.00 bits per heavy atom. The van der Waals surface area contributed by atoms with Gasteiger partial charge in [0.15, 0.2) is 0 Å². The van der Waals surface area contributed by atoms with Gasteiger partial charge in [-0.2, -0.15) is 0 Å². The van der Waals surface area contributed by atoms with Crippen molar-refractivity contribution in [1.29, 1.82) is 0 Å². The van der Waals surface area contributed by atoms with Crippen molar-refractivity contribution in [3.8, 4) is 0 Å². The number of aliphatic hydroxyl groups is 1. The number of rotatable bonds is 4. The second-order valence-electron chi connectivity index (χ2n) is 7.44. The summed E-state index contributed by atoms with van der Waals surface area (Å²) < 4.78 is 13.0. The van der Waals surface area contributed by atoms with E-state index in [4.69, 9.17) is 0 Å². The molecule has 130 valence electrons. The van der Waals surface area contributed by atoms with Crippen molar-refractivity contribution in [2.75, 3.05) is 19.6 Å². The largest absolute Gasteiger partial charge is 0.388 e. The van der Waals surface area contributed by atoms with Crippen molar-refractivity contribution in [3.05, 3.63) is 35.6 Å². The summed E-state index contributed by atoms with van der Waals surface area (Å²) in [6, 6.07) is 6.70. The maximum atomic E-state index is 13.0. The van der Waals surface area contributed by atoms with Crippen LogP contribution >= 0.6 is 0 Å². The van der Waals surface area contributed by atoms with Crippen molar-refractivity contribution in [1.82, 2.24) is 9.80 Å². The summed E-state index contributed by atoms with van der Waals surface area (Å²) in [5.41, 5.74) is 0.784. The van der Waals surface area contributed by atoms with Crippen molar-refractivity contribution in [2.24, 2.45) is 5.92 Å². The quantitative estimate of drug-likeness (QED) is 0.920. The first-order valence-corrected chi connectivity index (χ1v) is 9.11. The zero-order valence-electron chi connectivity index (χ0n) is 13.9. The highest BCUT2D eigenvalue weighted by Crippen LogP contribution is 2.35. The number of piperidine rings is 1. The summed E-state index contributed by atoms with van der Waals surface area (Å²) >= 11 is 0. The molecule has 1 amide bonds. The monoisotopic (exact) mass is 332 g/mol. The predicted molar refractivity (Wildman–Crippen MR) is 88.8 cm³/mol. The van der Waals surface area contributed by atoms with Crippen molar-refractivity contribution in [2.45, 2.75) is 50.3 Å². The molecule has 0 bridgehead atoms. The van der Waals surface area contributed by atoms with E-state index in [0.29, 0.717) is 11.9 Å². The van der Waals surface area contributed by atoms with Crippen LogP contribution in [0.4, 0.5) is 4.39 Å².